The molecule has 0 atom stereocenters. The molecule has 0 unspecified atom stereocenters. The highest BCUT2D eigenvalue weighted by molar-refractivity contribution is 6.33. The van der Waals surface area contributed by atoms with Crippen molar-refractivity contribution in [3.63, 3.8) is 0 Å². The molecular weight excluding hydrogens is 248 g/mol. The fraction of sp³-hybridized carbons (Fsp3) is 0.133. The molecule has 2 aromatic rings. The van der Waals surface area contributed by atoms with Gasteiger partial charge in [-0.3, -0.25) is 4.79 Å². The van der Waals surface area contributed by atoms with E-state index in [1.807, 2.05) is 30.3 Å². The number of Topliss-reactive ketones (excluding diaryl/α,β-unsaturated/α-hetero) is 1. The highest BCUT2D eigenvalue weighted by Crippen LogP contribution is 2.23. The van der Waals surface area contributed by atoms with Gasteiger partial charge in [-0.1, -0.05) is 41.9 Å². The molecule has 0 heterocycles. The van der Waals surface area contributed by atoms with E-state index in [4.69, 9.17) is 16.3 Å². The average molecular weight is 261 g/mol. The third kappa shape index (κ3) is 3.11. The molecule has 0 amide bonds. The topological polar surface area (TPSA) is 26.3 Å². The summed E-state index contributed by atoms with van der Waals surface area (Å²) in [6.45, 7) is 1.96. The first-order valence-corrected chi connectivity index (χ1v) is 6.02. The van der Waals surface area contributed by atoms with Gasteiger partial charge in [-0.15, -0.1) is 0 Å². The fourth-order valence-electron chi connectivity index (χ4n) is 1.60. The number of carbonyl (C=O) groups excluding carboxylic acids is 1. The second-order valence-electron chi connectivity index (χ2n) is 3.97. The van der Waals surface area contributed by atoms with Crippen molar-refractivity contribution in [2.24, 2.45) is 0 Å². The summed E-state index contributed by atoms with van der Waals surface area (Å²) >= 11 is 5.93. The van der Waals surface area contributed by atoms with E-state index in [1.165, 1.54) is 6.92 Å². The molecule has 0 fully saturated rings. The monoisotopic (exact) mass is 260 g/mol. The number of benzene rings is 2. The number of hydrogen-bond donors (Lipinski definition) is 0. The van der Waals surface area contributed by atoms with Gasteiger partial charge in [-0.25, -0.2) is 0 Å². The van der Waals surface area contributed by atoms with Crippen molar-refractivity contribution in [1.29, 1.82) is 0 Å². The van der Waals surface area contributed by atoms with Crippen molar-refractivity contribution in [2.75, 3.05) is 0 Å². The molecule has 0 aliphatic heterocycles. The minimum atomic E-state index is -0.0647. The van der Waals surface area contributed by atoms with Gasteiger partial charge in [0.2, 0.25) is 0 Å². The molecule has 0 aliphatic rings. The molecule has 18 heavy (non-hydrogen) atoms. The van der Waals surface area contributed by atoms with Gasteiger partial charge in [0.05, 0.1) is 5.02 Å². The molecular formula is C15H13ClO2. The lowest BCUT2D eigenvalue weighted by Gasteiger charge is -2.08. The molecule has 0 bridgehead atoms. The van der Waals surface area contributed by atoms with Gasteiger partial charge < -0.3 is 4.74 Å². The van der Waals surface area contributed by atoms with E-state index < -0.39 is 0 Å². The maximum atomic E-state index is 11.4. The van der Waals surface area contributed by atoms with Crippen LogP contribution in [0.3, 0.4) is 0 Å². The van der Waals surface area contributed by atoms with E-state index in [0.29, 0.717) is 22.9 Å². The first-order chi connectivity index (χ1) is 8.66. The van der Waals surface area contributed by atoms with Crippen LogP contribution < -0.4 is 4.74 Å². The Hall–Kier alpha value is -1.80. The minimum absolute atomic E-state index is 0.0647. The lowest BCUT2D eigenvalue weighted by molar-refractivity contribution is 0.101. The average Bonchev–Trinajstić information content (AvgIpc) is 2.38. The highest BCUT2D eigenvalue weighted by atomic mass is 35.5. The number of halogens is 1. The van der Waals surface area contributed by atoms with Crippen LogP contribution >= 0.6 is 11.6 Å². The second kappa shape index (κ2) is 5.69. The number of ketones is 1. The molecule has 0 N–H and O–H groups in total. The minimum Gasteiger partial charge on any atom is -0.489 e. The zero-order valence-electron chi connectivity index (χ0n) is 10.0. The van der Waals surface area contributed by atoms with Crippen LogP contribution in [-0.2, 0) is 6.61 Å². The van der Waals surface area contributed by atoms with Crippen molar-refractivity contribution in [2.45, 2.75) is 13.5 Å². The smallest absolute Gasteiger partial charge is 0.161 e. The summed E-state index contributed by atoms with van der Waals surface area (Å²) in [7, 11) is 0. The first-order valence-electron chi connectivity index (χ1n) is 5.64. The molecule has 0 aromatic heterocycles. The fourth-order valence-corrected chi connectivity index (χ4v) is 1.86. The van der Waals surface area contributed by atoms with Crippen LogP contribution in [-0.4, -0.2) is 5.78 Å². The number of carbonyl (C=O) groups is 1. The maximum absolute atomic E-state index is 11.4. The number of ether oxygens (including phenoxy) is 1. The zero-order chi connectivity index (χ0) is 13.0. The molecule has 3 heteroatoms. The van der Waals surface area contributed by atoms with Gasteiger partial charge in [-0.2, -0.15) is 0 Å². The largest absolute Gasteiger partial charge is 0.489 e. The Bertz CT molecular complexity index is 550. The standard InChI is InChI=1S/C15H13ClO2/c1-11(17)14-9-13(7-8-15(14)16)18-10-12-5-3-2-4-6-12/h2-9H,10H2,1H3. The van der Waals surface area contributed by atoms with Crippen LogP contribution in [0, 0.1) is 0 Å². The van der Waals surface area contributed by atoms with E-state index in [-0.39, 0.29) is 5.78 Å². The SMILES string of the molecule is CC(=O)c1cc(OCc2ccccc2)ccc1Cl. The summed E-state index contributed by atoms with van der Waals surface area (Å²) < 4.78 is 5.63. The van der Waals surface area contributed by atoms with Crippen molar-refractivity contribution < 1.29 is 9.53 Å². The van der Waals surface area contributed by atoms with Crippen LogP contribution in [0.15, 0.2) is 48.5 Å². The van der Waals surface area contributed by atoms with Gasteiger partial charge in [-0.05, 0) is 30.7 Å². The zero-order valence-corrected chi connectivity index (χ0v) is 10.8. The summed E-state index contributed by atoms with van der Waals surface area (Å²) in [5.74, 6) is 0.582. The Morgan fingerprint density at radius 1 is 1.17 bits per heavy atom. The summed E-state index contributed by atoms with van der Waals surface area (Å²) in [5.41, 5.74) is 1.57. The Morgan fingerprint density at radius 3 is 2.56 bits per heavy atom. The van der Waals surface area contributed by atoms with Crippen LogP contribution in [0.4, 0.5) is 0 Å². The molecule has 0 saturated carbocycles. The lowest BCUT2D eigenvalue weighted by Crippen LogP contribution is -1.98. The summed E-state index contributed by atoms with van der Waals surface area (Å²) in [4.78, 5) is 11.4. The Kier molecular flexibility index (Phi) is 4.00. The van der Waals surface area contributed by atoms with Gasteiger partial charge in [0.25, 0.3) is 0 Å². The van der Waals surface area contributed by atoms with E-state index in [0.717, 1.165) is 5.56 Å². The molecule has 0 radical (unpaired) electrons. The van der Waals surface area contributed by atoms with Gasteiger partial charge >= 0.3 is 0 Å². The summed E-state index contributed by atoms with van der Waals surface area (Å²) in [5, 5.41) is 0.453. The van der Waals surface area contributed by atoms with E-state index in [2.05, 4.69) is 0 Å². The van der Waals surface area contributed by atoms with Crippen LogP contribution in [0.25, 0.3) is 0 Å². The molecule has 0 spiro atoms. The third-order valence-corrected chi connectivity index (χ3v) is 2.90. The normalized spacial score (nSPS) is 10.1. The van der Waals surface area contributed by atoms with Gasteiger partial charge in [0.15, 0.2) is 5.78 Å². The first kappa shape index (κ1) is 12.7. The quantitative estimate of drug-likeness (QED) is 0.773. The Morgan fingerprint density at radius 2 is 1.89 bits per heavy atom. The number of rotatable bonds is 4. The molecule has 2 nitrogen and oxygen atoms in total. The van der Waals surface area contributed by atoms with Gasteiger partial charge in [0, 0.05) is 5.56 Å². The third-order valence-electron chi connectivity index (χ3n) is 2.57. The molecule has 2 aromatic carbocycles. The van der Waals surface area contributed by atoms with Crippen LogP contribution in [0.1, 0.15) is 22.8 Å². The van der Waals surface area contributed by atoms with E-state index >= 15 is 0 Å². The van der Waals surface area contributed by atoms with Crippen molar-refractivity contribution in [3.05, 3.63) is 64.7 Å². The highest BCUT2D eigenvalue weighted by Gasteiger charge is 2.07. The molecule has 0 saturated heterocycles. The predicted molar refractivity (Wildman–Crippen MR) is 72.2 cm³/mol. The predicted octanol–water partition coefficient (Wildman–Crippen LogP) is 4.12. The Labute approximate surface area is 111 Å². The molecule has 92 valence electrons. The van der Waals surface area contributed by atoms with Crippen molar-refractivity contribution in [1.82, 2.24) is 0 Å². The van der Waals surface area contributed by atoms with Crippen molar-refractivity contribution in [3.8, 4) is 5.75 Å². The van der Waals surface area contributed by atoms with Crippen LogP contribution in [0.5, 0.6) is 5.75 Å². The maximum Gasteiger partial charge on any atom is 0.161 e. The van der Waals surface area contributed by atoms with Gasteiger partial charge in [0.1, 0.15) is 12.4 Å². The summed E-state index contributed by atoms with van der Waals surface area (Å²) in [6.07, 6.45) is 0. The molecule has 2 rings (SSSR count). The van der Waals surface area contributed by atoms with E-state index in [1.54, 1.807) is 18.2 Å². The summed E-state index contributed by atoms with van der Waals surface area (Å²) in [6, 6.07) is 15.0. The second-order valence-corrected chi connectivity index (χ2v) is 4.38. The van der Waals surface area contributed by atoms with E-state index in [9.17, 15) is 4.79 Å². The molecule has 0 aliphatic carbocycles. The van der Waals surface area contributed by atoms with Crippen molar-refractivity contribution >= 4 is 17.4 Å². The lowest BCUT2D eigenvalue weighted by atomic mass is 10.1. The number of hydrogen-bond acceptors (Lipinski definition) is 2. The van der Waals surface area contributed by atoms with Crippen LogP contribution in [0.2, 0.25) is 5.02 Å². The Balaban J connectivity index is 2.11.